The van der Waals surface area contributed by atoms with Gasteiger partial charge in [0.1, 0.15) is 5.41 Å². The van der Waals surface area contributed by atoms with Gasteiger partial charge in [0.2, 0.25) is 0 Å². The Morgan fingerprint density at radius 2 is 1.32 bits per heavy atom. The number of hydrogen-bond acceptors (Lipinski definition) is 2. The van der Waals surface area contributed by atoms with Crippen LogP contribution in [0.2, 0.25) is 0 Å². The lowest BCUT2D eigenvalue weighted by Crippen LogP contribution is -2.32. The van der Waals surface area contributed by atoms with Crippen LogP contribution in [0.3, 0.4) is 0 Å². The van der Waals surface area contributed by atoms with Crippen molar-refractivity contribution < 1.29 is 9.59 Å². The molecule has 152 valence electrons. The van der Waals surface area contributed by atoms with E-state index in [0.29, 0.717) is 24.0 Å². The Hall–Kier alpha value is -1.96. The normalized spacial score (nSPS) is 15.3. The monoisotopic (exact) mass is 380 g/mol. The highest BCUT2D eigenvalue weighted by molar-refractivity contribution is 6.29. The number of fused-ring (bicyclic) bond motifs is 1. The van der Waals surface area contributed by atoms with Gasteiger partial charge in [-0.15, -0.1) is 6.58 Å². The Bertz CT molecular complexity index is 648. The molecule has 2 rings (SSSR count). The summed E-state index contributed by atoms with van der Waals surface area (Å²) in [6.07, 6.45) is 19.7. The smallest absolute Gasteiger partial charge is 0.178 e. The van der Waals surface area contributed by atoms with Gasteiger partial charge in [0.25, 0.3) is 0 Å². The van der Waals surface area contributed by atoms with Crippen LogP contribution in [0.25, 0.3) is 0 Å². The maximum absolute atomic E-state index is 12.9. The molecule has 0 spiro atoms. The molecule has 0 atom stereocenters. The number of hydrogen-bond donors (Lipinski definition) is 0. The third-order valence-electron chi connectivity index (χ3n) is 5.89. The van der Waals surface area contributed by atoms with Crippen LogP contribution < -0.4 is 0 Å². The van der Waals surface area contributed by atoms with Crippen molar-refractivity contribution in [2.24, 2.45) is 5.41 Å². The maximum atomic E-state index is 12.9. The number of Topliss-reactive ketones (excluding diaryl/α,β-unsaturated/α-hetero) is 2. The molecule has 0 saturated carbocycles. The number of rotatable bonds is 14. The molecule has 0 saturated heterocycles. The van der Waals surface area contributed by atoms with E-state index in [1.54, 1.807) is 18.2 Å². The number of ketones is 2. The van der Waals surface area contributed by atoms with Gasteiger partial charge >= 0.3 is 0 Å². The summed E-state index contributed by atoms with van der Waals surface area (Å²) in [6.45, 7) is 6.04. The molecule has 1 aromatic rings. The van der Waals surface area contributed by atoms with Crippen LogP contribution in [0.15, 0.2) is 49.1 Å². The lowest BCUT2D eigenvalue weighted by Gasteiger charge is -2.22. The van der Waals surface area contributed by atoms with Gasteiger partial charge in [-0.05, 0) is 25.7 Å². The fourth-order valence-electron chi connectivity index (χ4n) is 4.17. The Kier molecular flexibility index (Phi) is 9.40. The molecule has 0 aromatic heterocycles. The third kappa shape index (κ3) is 5.53. The summed E-state index contributed by atoms with van der Waals surface area (Å²) < 4.78 is 0. The molecule has 0 N–H and O–H groups in total. The first kappa shape index (κ1) is 22.3. The molecule has 1 aliphatic rings. The first-order chi connectivity index (χ1) is 13.7. The van der Waals surface area contributed by atoms with Gasteiger partial charge in [-0.3, -0.25) is 9.59 Å². The van der Waals surface area contributed by atoms with E-state index in [4.69, 9.17) is 0 Å². The summed E-state index contributed by atoms with van der Waals surface area (Å²) in [5.74, 6) is -0.0820. The van der Waals surface area contributed by atoms with E-state index < -0.39 is 5.41 Å². The van der Waals surface area contributed by atoms with Gasteiger partial charge in [-0.1, -0.05) is 101 Å². The molecule has 2 nitrogen and oxygen atoms in total. The molecule has 0 bridgehead atoms. The Labute approximate surface area is 171 Å². The van der Waals surface area contributed by atoms with Crippen molar-refractivity contribution in [1.29, 1.82) is 0 Å². The topological polar surface area (TPSA) is 34.1 Å². The summed E-state index contributed by atoms with van der Waals surface area (Å²) in [6, 6.07) is 7.19. The van der Waals surface area contributed by atoms with Crippen molar-refractivity contribution in [3.63, 3.8) is 0 Å². The van der Waals surface area contributed by atoms with E-state index in [-0.39, 0.29) is 11.6 Å². The minimum Gasteiger partial charge on any atom is -0.293 e. The molecular formula is C26H36O2. The van der Waals surface area contributed by atoms with Gasteiger partial charge in [-0.25, -0.2) is 0 Å². The van der Waals surface area contributed by atoms with Crippen LogP contribution in [-0.2, 0) is 0 Å². The number of benzene rings is 1. The molecule has 0 heterocycles. The van der Waals surface area contributed by atoms with E-state index in [0.717, 1.165) is 6.42 Å². The molecule has 2 heteroatoms. The summed E-state index contributed by atoms with van der Waals surface area (Å²) >= 11 is 0. The first-order valence-electron chi connectivity index (χ1n) is 11.1. The van der Waals surface area contributed by atoms with E-state index in [9.17, 15) is 9.59 Å². The van der Waals surface area contributed by atoms with Crippen molar-refractivity contribution in [2.45, 2.75) is 84.0 Å². The standard InChI is InChI=1S/C26H36O2/c1-3-5-6-7-8-9-10-11-12-13-14-17-21-26(20-4-2)24(27)22-18-15-16-19-23(22)25(26)28/h4,14-19H,2-3,5-13,20-21H2,1H3. The average Bonchev–Trinajstić information content (AvgIpc) is 2.92. The minimum absolute atomic E-state index is 0.0410. The first-order valence-corrected chi connectivity index (χ1v) is 11.1. The third-order valence-corrected chi connectivity index (χ3v) is 5.89. The lowest BCUT2D eigenvalue weighted by atomic mass is 9.76. The molecule has 1 aliphatic carbocycles. The highest BCUT2D eigenvalue weighted by atomic mass is 16.2. The second-order valence-electron chi connectivity index (χ2n) is 8.07. The summed E-state index contributed by atoms with van der Waals surface area (Å²) in [5.41, 5.74) is 0.170. The minimum atomic E-state index is -0.972. The molecule has 28 heavy (non-hydrogen) atoms. The Morgan fingerprint density at radius 3 is 1.86 bits per heavy atom. The Balaban J connectivity index is 1.75. The fourth-order valence-corrected chi connectivity index (χ4v) is 4.17. The van der Waals surface area contributed by atoms with Gasteiger partial charge in [0.05, 0.1) is 0 Å². The van der Waals surface area contributed by atoms with Crippen LogP contribution in [0.5, 0.6) is 0 Å². The summed E-state index contributed by atoms with van der Waals surface area (Å²) in [4.78, 5) is 25.9. The van der Waals surface area contributed by atoms with Crippen LogP contribution in [0.1, 0.15) is 105 Å². The van der Waals surface area contributed by atoms with Crippen molar-refractivity contribution >= 4 is 11.6 Å². The van der Waals surface area contributed by atoms with E-state index >= 15 is 0 Å². The van der Waals surface area contributed by atoms with Crippen molar-refractivity contribution in [3.05, 3.63) is 60.2 Å². The molecule has 0 amide bonds. The number of carbonyl (C=O) groups is 2. The molecule has 1 aromatic carbocycles. The van der Waals surface area contributed by atoms with Crippen LogP contribution >= 0.6 is 0 Å². The van der Waals surface area contributed by atoms with Gasteiger partial charge in [-0.2, -0.15) is 0 Å². The second-order valence-corrected chi connectivity index (χ2v) is 8.07. The molecular weight excluding hydrogens is 344 g/mol. The highest BCUT2D eigenvalue weighted by Gasteiger charge is 2.50. The number of carbonyl (C=O) groups excluding carboxylic acids is 2. The zero-order valence-electron chi connectivity index (χ0n) is 17.6. The van der Waals surface area contributed by atoms with Crippen LogP contribution in [-0.4, -0.2) is 11.6 Å². The van der Waals surface area contributed by atoms with E-state index in [2.05, 4.69) is 19.6 Å². The van der Waals surface area contributed by atoms with Crippen LogP contribution in [0.4, 0.5) is 0 Å². The van der Waals surface area contributed by atoms with Gasteiger partial charge < -0.3 is 0 Å². The largest absolute Gasteiger partial charge is 0.293 e. The SMILES string of the molecule is C=CCC1(CC=CCCCCCCCCCCC)C(=O)c2ccccc2C1=O. The van der Waals surface area contributed by atoms with Crippen LogP contribution in [0, 0.1) is 5.41 Å². The van der Waals surface area contributed by atoms with Crippen molar-refractivity contribution in [2.75, 3.05) is 0 Å². The average molecular weight is 381 g/mol. The van der Waals surface area contributed by atoms with E-state index in [1.807, 2.05) is 18.2 Å². The number of unbranched alkanes of at least 4 members (excludes halogenated alkanes) is 9. The maximum Gasteiger partial charge on any atom is 0.178 e. The summed E-state index contributed by atoms with van der Waals surface area (Å²) in [7, 11) is 0. The zero-order chi connectivity index (χ0) is 20.2. The zero-order valence-corrected chi connectivity index (χ0v) is 17.6. The second kappa shape index (κ2) is 11.8. The van der Waals surface area contributed by atoms with Gasteiger partial charge in [0, 0.05) is 11.1 Å². The molecule has 0 unspecified atom stereocenters. The fraction of sp³-hybridized carbons (Fsp3) is 0.538. The van der Waals surface area contributed by atoms with Crippen molar-refractivity contribution in [3.8, 4) is 0 Å². The molecule has 0 radical (unpaired) electrons. The number of allylic oxidation sites excluding steroid dienone is 3. The predicted molar refractivity (Wildman–Crippen MR) is 118 cm³/mol. The van der Waals surface area contributed by atoms with Gasteiger partial charge in [0.15, 0.2) is 11.6 Å². The quantitative estimate of drug-likeness (QED) is 0.190. The van der Waals surface area contributed by atoms with E-state index in [1.165, 1.54) is 57.8 Å². The van der Waals surface area contributed by atoms with Crippen molar-refractivity contribution in [1.82, 2.24) is 0 Å². The predicted octanol–water partition coefficient (Wildman–Crippen LogP) is 7.50. The molecule has 0 aliphatic heterocycles. The Morgan fingerprint density at radius 1 is 0.786 bits per heavy atom. The lowest BCUT2D eigenvalue weighted by molar-refractivity contribution is 0.0703. The summed E-state index contributed by atoms with van der Waals surface area (Å²) in [5, 5.41) is 0. The molecule has 0 fully saturated rings. The highest BCUT2D eigenvalue weighted by Crippen LogP contribution is 2.42.